The van der Waals surface area contributed by atoms with Crippen molar-refractivity contribution in [1.82, 2.24) is 0 Å². The van der Waals surface area contributed by atoms with Gasteiger partial charge in [-0.1, -0.05) is 12.1 Å². The SMILES string of the molecule is Cc1cccc(NCC(=O)O)c1Br. The van der Waals surface area contributed by atoms with Crippen LogP contribution < -0.4 is 5.32 Å². The summed E-state index contributed by atoms with van der Waals surface area (Å²) < 4.78 is 0.913. The third kappa shape index (κ3) is 2.73. The van der Waals surface area contributed by atoms with Crippen LogP contribution in [0.15, 0.2) is 22.7 Å². The zero-order valence-electron chi connectivity index (χ0n) is 7.17. The molecule has 0 saturated heterocycles. The van der Waals surface area contributed by atoms with Gasteiger partial charge in [-0.25, -0.2) is 0 Å². The number of rotatable bonds is 3. The number of carboxylic acid groups (broad SMARTS) is 1. The number of carboxylic acids is 1. The van der Waals surface area contributed by atoms with Crippen LogP contribution in [0.5, 0.6) is 0 Å². The van der Waals surface area contributed by atoms with E-state index >= 15 is 0 Å². The maximum Gasteiger partial charge on any atom is 0.322 e. The van der Waals surface area contributed by atoms with Gasteiger partial charge in [0.05, 0.1) is 0 Å². The Kier molecular flexibility index (Phi) is 3.31. The first-order chi connectivity index (χ1) is 6.11. The molecule has 0 aliphatic rings. The number of anilines is 1. The predicted octanol–water partition coefficient (Wildman–Crippen LogP) is 2.25. The van der Waals surface area contributed by atoms with E-state index in [0.29, 0.717) is 0 Å². The van der Waals surface area contributed by atoms with Crippen molar-refractivity contribution in [2.45, 2.75) is 6.92 Å². The second kappa shape index (κ2) is 4.28. The summed E-state index contributed by atoms with van der Waals surface area (Å²) in [6.45, 7) is 1.89. The highest BCUT2D eigenvalue weighted by molar-refractivity contribution is 9.10. The van der Waals surface area contributed by atoms with Crippen molar-refractivity contribution in [2.75, 3.05) is 11.9 Å². The summed E-state index contributed by atoms with van der Waals surface area (Å²) >= 11 is 3.37. The fraction of sp³-hybridized carbons (Fsp3) is 0.222. The minimum absolute atomic E-state index is 0.0674. The average molecular weight is 244 g/mol. The average Bonchev–Trinajstić information content (AvgIpc) is 2.07. The van der Waals surface area contributed by atoms with E-state index in [9.17, 15) is 4.79 Å². The first-order valence-corrected chi connectivity index (χ1v) is 4.61. The predicted molar refractivity (Wildman–Crippen MR) is 55.0 cm³/mol. The van der Waals surface area contributed by atoms with Crippen molar-refractivity contribution in [3.63, 3.8) is 0 Å². The molecular formula is C9H10BrNO2. The number of hydrogen-bond donors (Lipinski definition) is 2. The molecule has 0 atom stereocenters. The smallest absolute Gasteiger partial charge is 0.322 e. The highest BCUT2D eigenvalue weighted by atomic mass is 79.9. The van der Waals surface area contributed by atoms with Gasteiger partial charge in [-0.15, -0.1) is 0 Å². The summed E-state index contributed by atoms with van der Waals surface area (Å²) in [5, 5.41) is 11.3. The fourth-order valence-corrected chi connectivity index (χ4v) is 1.36. The first kappa shape index (κ1) is 10.1. The Morgan fingerprint density at radius 2 is 2.31 bits per heavy atom. The van der Waals surface area contributed by atoms with Crippen LogP contribution in [0.25, 0.3) is 0 Å². The molecule has 0 radical (unpaired) electrons. The molecule has 1 rings (SSSR count). The molecule has 0 aliphatic carbocycles. The van der Waals surface area contributed by atoms with Gasteiger partial charge in [-0.05, 0) is 34.5 Å². The number of hydrogen-bond acceptors (Lipinski definition) is 2. The van der Waals surface area contributed by atoms with Gasteiger partial charge in [0.2, 0.25) is 0 Å². The Hall–Kier alpha value is -1.03. The normalized spacial score (nSPS) is 9.69. The van der Waals surface area contributed by atoms with Gasteiger partial charge < -0.3 is 10.4 Å². The number of aliphatic carboxylic acids is 1. The molecule has 0 heterocycles. The zero-order chi connectivity index (χ0) is 9.84. The minimum Gasteiger partial charge on any atom is -0.480 e. The van der Waals surface area contributed by atoms with E-state index in [1.165, 1.54) is 0 Å². The standard InChI is InChI=1S/C9H10BrNO2/c1-6-3-2-4-7(9(6)10)11-5-8(12)13/h2-4,11H,5H2,1H3,(H,12,13). The molecule has 0 amide bonds. The van der Waals surface area contributed by atoms with Gasteiger partial charge in [0.1, 0.15) is 6.54 Å². The van der Waals surface area contributed by atoms with Gasteiger partial charge in [0, 0.05) is 10.2 Å². The molecule has 0 spiro atoms. The quantitative estimate of drug-likeness (QED) is 0.857. The van der Waals surface area contributed by atoms with Gasteiger partial charge in [0.25, 0.3) is 0 Å². The highest BCUT2D eigenvalue weighted by Crippen LogP contribution is 2.25. The van der Waals surface area contributed by atoms with Crippen molar-refractivity contribution < 1.29 is 9.90 Å². The Labute approximate surface area is 84.9 Å². The molecule has 70 valence electrons. The van der Waals surface area contributed by atoms with E-state index in [2.05, 4.69) is 21.2 Å². The van der Waals surface area contributed by atoms with Gasteiger partial charge >= 0.3 is 5.97 Å². The summed E-state index contributed by atoms with van der Waals surface area (Å²) in [4.78, 5) is 10.3. The highest BCUT2D eigenvalue weighted by Gasteiger charge is 2.02. The van der Waals surface area contributed by atoms with Crippen LogP contribution in [-0.4, -0.2) is 17.6 Å². The van der Waals surface area contributed by atoms with E-state index in [0.717, 1.165) is 15.7 Å². The molecule has 0 fully saturated rings. The van der Waals surface area contributed by atoms with Crippen molar-refractivity contribution in [1.29, 1.82) is 0 Å². The molecule has 1 aromatic rings. The molecule has 0 aromatic heterocycles. The molecular weight excluding hydrogens is 234 g/mol. The molecule has 1 aromatic carbocycles. The van der Waals surface area contributed by atoms with Crippen LogP contribution in [0, 0.1) is 6.92 Å². The molecule has 4 heteroatoms. The maximum atomic E-state index is 10.3. The lowest BCUT2D eigenvalue weighted by Gasteiger charge is -2.07. The van der Waals surface area contributed by atoms with Crippen molar-refractivity contribution in [3.8, 4) is 0 Å². The lowest BCUT2D eigenvalue weighted by Crippen LogP contribution is -2.12. The van der Waals surface area contributed by atoms with E-state index in [1.807, 2.05) is 25.1 Å². The first-order valence-electron chi connectivity index (χ1n) is 3.82. The summed E-state index contributed by atoms with van der Waals surface area (Å²) in [5.74, 6) is -0.867. The second-order valence-electron chi connectivity index (χ2n) is 2.68. The van der Waals surface area contributed by atoms with E-state index < -0.39 is 5.97 Å². The molecule has 0 saturated carbocycles. The largest absolute Gasteiger partial charge is 0.480 e. The van der Waals surface area contributed by atoms with E-state index in [4.69, 9.17) is 5.11 Å². The van der Waals surface area contributed by atoms with Crippen LogP contribution in [0.4, 0.5) is 5.69 Å². The van der Waals surface area contributed by atoms with Gasteiger partial charge in [-0.2, -0.15) is 0 Å². The van der Waals surface area contributed by atoms with Crippen LogP contribution in [-0.2, 0) is 4.79 Å². The Bertz CT molecular complexity index is 325. The van der Waals surface area contributed by atoms with E-state index in [-0.39, 0.29) is 6.54 Å². The van der Waals surface area contributed by atoms with Gasteiger partial charge in [0.15, 0.2) is 0 Å². The molecule has 0 bridgehead atoms. The lowest BCUT2D eigenvalue weighted by atomic mass is 10.2. The Morgan fingerprint density at radius 1 is 1.62 bits per heavy atom. The molecule has 13 heavy (non-hydrogen) atoms. The lowest BCUT2D eigenvalue weighted by molar-refractivity contribution is -0.134. The molecule has 0 aliphatic heterocycles. The maximum absolute atomic E-state index is 10.3. The molecule has 3 nitrogen and oxygen atoms in total. The number of nitrogens with one attached hydrogen (secondary N) is 1. The summed E-state index contributed by atoms with van der Waals surface area (Å²) in [5.41, 5.74) is 1.89. The Morgan fingerprint density at radius 3 is 2.92 bits per heavy atom. The van der Waals surface area contributed by atoms with Crippen molar-refractivity contribution >= 4 is 27.6 Å². The van der Waals surface area contributed by atoms with Crippen LogP contribution in [0.2, 0.25) is 0 Å². The van der Waals surface area contributed by atoms with Crippen molar-refractivity contribution in [3.05, 3.63) is 28.2 Å². The Balaban J connectivity index is 2.77. The monoisotopic (exact) mass is 243 g/mol. The van der Waals surface area contributed by atoms with Gasteiger partial charge in [-0.3, -0.25) is 4.79 Å². The van der Waals surface area contributed by atoms with E-state index in [1.54, 1.807) is 0 Å². The van der Waals surface area contributed by atoms with Crippen LogP contribution >= 0.6 is 15.9 Å². The third-order valence-corrected chi connectivity index (χ3v) is 2.67. The number of carbonyl (C=O) groups is 1. The minimum atomic E-state index is -0.867. The zero-order valence-corrected chi connectivity index (χ0v) is 8.76. The second-order valence-corrected chi connectivity index (χ2v) is 3.48. The summed E-state index contributed by atoms with van der Waals surface area (Å²) in [7, 11) is 0. The summed E-state index contributed by atoms with van der Waals surface area (Å²) in [6.07, 6.45) is 0. The van der Waals surface area contributed by atoms with Crippen LogP contribution in [0.3, 0.4) is 0 Å². The van der Waals surface area contributed by atoms with Crippen molar-refractivity contribution in [2.24, 2.45) is 0 Å². The summed E-state index contributed by atoms with van der Waals surface area (Å²) in [6, 6.07) is 5.67. The fourth-order valence-electron chi connectivity index (χ4n) is 0.955. The molecule has 0 unspecified atom stereocenters. The number of aryl methyl sites for hydroxylation is 1. The molecule has 2 N–H and O–H groups in total. The topological polar surface area (TPSA) is 49.3 Å². The third-order valence-electron chi connectivity index (χ3n) is 1.62. The number of benzene rings is 1. The van der Waals surface area contributed by atoms with Crippen LogP contribution in [0.1, 0.15) is 5.56 Å². The number of halogens is 1.